The van der Waals surface area contributed by atoms with E-state index >= 15 is 0 Å². The molecule has 0 bridgehead atoms. The summed E-state index contributed by atoms with van der Waals surface area (Å²) in [5, 5.41) is 0. The number of carbonyl (C=O) groups excluding carboxylic acids is 2. The number of hydrogen-bond donors (Lipinski definition) is 1. The summed E-state index contributed by atoms with van der Waals surface area (Å²) < 4.78 is 28.4. The largest absolute Gasteiger partial charge is 0.280 e. The number of aryl methyl sites for hydroxylation is 1. The highest BCUT2D eigenvalue weighted by atomic mass is 32.2. The van der Waals surface area contributed by atoms with Crippen molar-refractivity contribution in [3.63, 3.8) is 0 Å². The molecular formula is C31H25N3O4S3. The third kappa shape index (κ3) is 6.62. The van der Waals surface area contributed by atoms with E-state index < -0.39 is 27.9 Å². The topological polar surface area (TPSA) is 96.4 Å². The van der Waals surface area contributed by atoms with Crippen LogP contribution in [0.1, 0.15) is 16.7 Å². The van der Waals surface area contributed by atoms with E-state index in [2.05, 4.69) is 9.71 Å². The van der Waals surface area contributed by atoms with Gasteiger partial charge in [0.2, 0.25) is 0 Å². The Labute approximate surface area is 248 Å². The lowest BCUT2D eigenvalue weighted by Crippen LogP contribution is -2.51. The highest BCUT2D eigenvalue weighted by molar-refractivity contribution is 8.26. The number of nitrogens with zero attached hydrogens (tertiary/aromatic N) is 2. The molecule has 2 heterocycles. The zero-order valence-corrected chi connectivity index (χ0v) is 24.4. The van der Waals surface area contributed by atoms with Gasteiger partial charge >= 0.3 is 0 Å². The van der Waals surface area contributed by atoms with Gasteiger partial charge in [0, 0.05) is 18.8 Å². The number of nitrogens with one attached hydrogen (secondary N) is 1. The second kappa shape index (κ2) is 12.2. The van der Waals surface area contributed by atoms with Gasteiger partial charge < -0.3 is 0 Å². The average molecular weight is 600 g/mol. The van der Waals surface area contributed by atoms with Crippen LogP contribution in [0.15, 0.2) is 113 Å². The average Bonchev–Trinajstić information content (AvgIpc) is 3.25. The van der Waals surface area contributed by atoms with Gasteiger partial charge in [-0.2, -0.15) is 0 Å². The summed E-state index contributed by atoms with van der Waals surface area (Å²) in [4.78, 5) is 32.8. The van der Waals surface area contributed by atoms with Gasteiger partial charge in [0.05, 0.1) is 9.80 Å². The summed E-state index contributed by atoms with van der Waals surface area (Å²) in [6.45, 7) is 1.84. The normalized spacial score (nSPS) is 15.2. The molecule has 1 fully saturated rings. The van der Waals surface area contributed by atoms with Crippen molar-refractivity contribution < 1.29 is 18.0 Å². The third-order valence-electron chi connectivity index (χ3n) is 6.48. The zero-order chi connectivity index (χ0) is 29.0. The minimum atomic E-state index is -4.17. The molecule has 1 atom stereocenters. The van der Waals surface area contributed by atoms with Crippen LogP contribution >= 0.6 is 24.0 Å². The molecule has 7 nitrogen and oxygen atoms in total. The molecular weight excluding hydrogens is 575 g/mol. The van der Waals surface area contributed by atoms with Crippen molar-refractivity contribution in [1.29, 1.82) is 0 Å². The minimum Gasteiger partial charge on any atom is -0.280 e. The van der Waals surface area contributed by atoms with Gasteiger partial charge in [-0.1, -0.05) is 102 Å². The Kier molecular flexibility index (Phi) is 8.44. The van der Waals surface area contributed by atoms with Gasteiger partial charge in [0.25, 0.3) is 21.8 Å². The third-order valence-corrected chi connectivity index (χ3v) is 9.17. The molecule has 0 aliphatic carbocycles. The molecule has 1 N–H and O–H groups in total. The van der Waals surface area contributed by atoms with Crippen LogP contribution in [0.5, 0.6) is 0 Å². The van der Waals surface area contributed by atoms with E-state index in [9.17, 15) is 18.0 Å². The predicted octanol–water partition coefficient (Wildman–Crippen LogP) is 5.37. The second-order valence-corrected chi connectivity index (χ2v) is 12.8. The maximum atomic E-state index is 13.6. The molecule has 2 amide bonds. The molecule has 1 aliphatic heterocycles. The van der Waals surface area contributed by atoms with Crippen molar-refractivity contribution in [2.45, 2.75) is 24.3 Å². The Morgan fingerprint density at radius 2 is 1.68 bits per heavy atom. The lowest BCUT2D eigenvalue weighted by atomic mass is 10.0. The molecule has 1 aliphatic rings. The van der Waals surface area contributed by atoms with Crippen LogP contribution < -0.4 is 4.72 Å². The predicted molar refractivity (Wildman–Crippen MR) is 165 cm³/mol. The van der Waals surface area contributed by atoms with Gasteiger partial charge in [0.1, 0.15) is 10.4 Å². The summed E-state index contributed by atoms with van der Waals surface area (Å²) >= 11 is 6.63. The van der Waals surface area contributed by atoms with Gasteiger partial charge in [-0.3, -0.25) is 19.5 Å². The first-order valence-corrected chi connectivity index (χ1v) is 15.4. The molecule has 1 aromatic heterocycles. The van der Waals surface area contributed by atoms with Crippen molar-refractivity contribution in [3.05, 3.63) is 125 Å². The quantitative estimate of drug-likeness (QED) is 0.215. The number of thioether (sulfide) groups is 1. The summed E-state index contributed by atoms with van der Waals surface area (Å²) in [6.07, 6.45) is 5.28. The van der Waals surface area contributed by atoms with E-state index in [1.165, 1.54) is 17.0 Å². The lowest BCUT2D eigenvalue weighted by Gasteiger charge is -2.26. The first-order valence-electron chi connectivity index (χ1n) is 12.7. The van der Waals surface area contributed by atoms with Crippen molar-refractivity contribution in [2.75, 3.05) is 0 Å². The molecule has 0 saturated carbocycles. The highest BCUT2D eigenvalue weighted by Crippen LogP contribution is 2.35. The Morgan fingerprint density at radius 3 is 2.34 bits per heavy atom. The van der Waals surface area contributed by atoms with Gasteiger partial charge in [-0.15, -0.1) is 0 Å². The first-order chi connectivity index (χ1) is 19.7. The van der Waals surface area contributed by atoms with Crippen molar-refractivity contribution >= 4 is 56.2 Å². The summed E-state index contributed by atoms with van der Waals surface area (Å²) in [6, 6.07) is 25.5. The van der Waals surface area contributed by atoms with Crippen LogP contribution in [-0.4, -0.2) is 40.5 Å². The number of thiocarbonyl (C=S) groups is 1. The van der Waals surface area contributed by atoms with Crippen LogP contribution in [-0.2, 0) is 26.0 Å². The fraction of sp³-hybridized carbons (Fsp3) is 0.0968. The second-order valence-electron chi connectivity index (χ2n) is 9.40. The summed E-state index contributed by atoms with van der Waals surface area (Å²) in [5.74, 6) is -1.30. The van der Waals surface area contributed by atoms with E-state index in [4.69, 9.17) is 12.2 Å². The molecule has 41 heavy (non-hydrogen) atoms. The number of amides is 2. The molecule has 3 aromatic carbocycles. The Bertz CT molecular complexity index is 1720. The Balaban J connectivity index is 1.41. The van der Waals surface area contributed by atoms with Crippen molar-refractivity contribution in [1.82, 2.24) is 14.6 Å². The lowest BCUT2D eigenvalue weighted by molar-refractivity contribution is -0.131. The van der Waals surface area contributed by atoms with Crippen LogP contribution in [0.4, 0.5) is 0 Å². The van der Waals surface area contributed by atoms with Crippen molar-refractivity contribution in [2.24, 2.45) is 0 Å². The van der Waals surface area contributed by atoms with Gasteiger partial charge in [0.15, 0.2) is 0 Å². The van der Waals surface area contributed by atoms with E-state index in [1.54, 1.807) is 30.6 Å². The molecule has 0 unspecified atom stereocenters. The molecule has 5 rings (SSSR count). The van der Waals surface area contributed by atoms with Crippen LogP contribution in [0, 0.1) is 6.92 Å². The van der Waals surface area contributed by atoms with Crippen molar-refractivity contribution in [3.8, 4) is 11.1 Å². The maximum Gasteiger partial charge on any atom is 0.266 e. The number of aromatic nitrogens is 1. The molecule has 206 valence electrons. The SMILES string of the molecule is Cc1ccc(S(=O)(=O)NC(=O)[C@H](Cc2ccccc2)N2C(=O)/C(=C/c3ccc(-c4cccnc4)cc3)SC2=S)cc1. The number of rotatable bonds is 8. The summed E-state index contributed by atoms with van der Waals surface area (Å²) in [7, 11) is -4.17. The number of benzene rings is 3. The van der Waals surface area contributed by atoms with Crippen LogP contribution in [0.3, 0.4) is 0 Å². The smallest absolute Gasteiger partial charge is 0.266 e. The van der Waals surface area contributed by atoms with Gasteiger partial charge in [-0.25, -0.2) is 13.1 Å². The Hall–Kier alpha value is -4.12. The maximum absolute atomic E-state index is 13.6. The highest BCUT2D eigenvalue weighted by Gasteiger charge is 2.41. The molecule has 10 heteroatoms. The fourth-order valence-electron chi connectivity index (χ4n) is 4.32. The van der Waals surface area contributed by atoms with E-state index in [0.29, 0.717) is 4.91 Å². The monoisotopic (exact) mass is 599 g/mol. The number of pyridine rings is 1. The van der Waals surface area contributed by atoms with E-state index in [1.807, 2.05) is 73.7 Å². The van der Waals surface area contributed by atoms with E-state index in [0.717, 1.165) is 39.6 Å². The number of sulfonamides is 1. The molecule has 0 spiro atoms. The summed E-state index contributed by atoms with van der Waals surface area (Å²) in [5.41, 5.74) is 4.37. The van der Waals surface area contributed by atoms with Gasteiger partial charge in [-0.05, 0) is 53.5 Å². The zero-order valence-electron chi connectivity index (χ0n) is 21.9. The van der Waals surface area contributed by atoms with E-state index in [-0.39, 0.29) is 15.6 Å². The minimum absolute atomic E-state index is 0.0464. The molecule has 1 saturated heterocycles. The van der Waals surface area contributed by atoms with Crippen LogP contribution in [0.2, 0.25) is 0 Å². The molecule has 4 aromatic rings. The molecule has 0 radical (unpaired) electrons. The van der Waals surface area contributed by atoms with Crippen LogP contribution in [0.25, 0.3) is 17.2 Å². The number of hydrogen-bond acceptors (Lipinski definition) is 7. The first kappa shape index (κ1) is 28.4. The standard InChI is InChI=1S/C31H25N3O4S3/c1-21-9-15-26(16-10-21)41(37,38)33-29(35)27(18-22-6-3-2-4-7-22)34-30(36)28(40-31(34)39)19-23-11-13-24(14-12-23)25-8-5-17-32-20-25/h2-17,19-20,27H,18H2,1H3,(H,33,35)/b28-19-/t27-/m0/s1. The fourth-order valence-corrected chi connectivity index (χ4v) is 6.69. The Morgan fingerprint density at radius 1 is 0.976 bits per heavy atom. The number of carbonyl (C=O) groups is 2.